The fourth-order valence-corrected chi connectivity index (χ4v) is 3.34. The average Bonchev–Trinajstić information content (AvgIpc) is 3.04. The SMILES string of the molecule is COc1ccc(-c2c(C)nn3c(NCc4ccncc4)c(C)c(C)nc23)cc1. The maximum Gasteiger partial charge on any atom is 0.165 e. The zero-order valence-corrected chi connectivity index (χ0v) is 16.5. The quantitative estimate of drug-likeness (QED) is 0.564. The first-order valence-corrected chi connectivity index (χ1v) is 9.22. The Morgan fingerprint density at radius 1 is 0.964 bits per heavy atom. The molecule has 0 amide bonds. The van der Waals surface area contributed by atoms with Crippen LogP contribution in [0.15, 0.2) is 48.8 Å². The molecular weight excluding hydrogens is 350 g/mol. The van der Waals surface area contributed by atoms with Crippen LogP contribution < -0.4 is 10.1 Å². The van der Waals surface area contributed by atoms with Crippen molar-refractivity contribution in [3.8, 4) is 16.9 Å². The number of nitrogens with zero attached hydrogens (tertiary/aromatic N) is 4. The molecule has 4 rings (SSSR count). The third-order valence-electron chi connectivity index (χ3n) is 5.01. The van der Waals surface area contributed by atoms with Gasteiger partial charge in [0.15, 0.2) is 5.65 Å². The van der Waals surface area contributed by atoms with Gasteiger partial charge in [-0.05, 0) is 56.2 Å². The Morgan fingerprint density at radius 3 is 2.36 bits per heavy atom. The topological polar surface area (TPSA) is 64.3 Å². The van der Waals surface area contributed by atoms with E-state index >= 15 is 0 Å². The van der Waals surface area contributed by atoms with Gasteiger partial charge in [0.1, 0.15) is 11.6 Å². The second-order valence-corrected chi connectivity index (χ2v) is 6.80. The minimum absolute atomic E-state index is 0.693. The Balaban J connectivity index is 1.81. The number of nitrogens with one attached hydrogen (secondary N) is 1. The number of fused-ring (bicyclic) bond motifs is 1. The lowest BCUT2D eigenvalue weighted by Gasteiger charge is -2.13. The lowest BCUT2D eigenvalue weighted by atomic mass is 10.1. The van der Waals surface area contributed by atoms with Crippen LogP contribution in [0, 0.1) is 20.8 Å². The van der Waals surface area contributed by atoms with Gasteiger partial charge in [-0.3, -0.25) is 4.98 Å². The van der Waals surface area contributed by atoms with Gasteiger partial charge in [0, 0.05) is 35.8 Å². The Kier molecular flexibility index (Phi) is 4.69. The van der Waals surface area contributed by atoms with E-state index in [1.807, 2.05) is 54.8 Å². The minimum atomic E-state index is 0.693. The van der Waals surface area contributed by atoms with Gasteiger partial charge < -0.3 is 10.1 Å². The summed E-state index contributed by atoms with van der Waals surface area (Å²) in [7, 11) is 1.67. The van der Waals surface area contributed by atoms with E-state index in [4.69, 9.17) is 14.8 Å². The molecule has 0 aliphatic heterocycles. The summed E-state index contributed by atoms with van der Waals surface area (Å²) in [6.07, 6.45) is 3.61. The normalized spacial score (nSPS) is 11.0. The van der Waals surface area contributed by atoms with Crippen molar-refractivity contribution in [2.24, 2.45) is 0 Å². The van der Waals surface area contributed by atoms with Crippen LogP contribution in [-0.4, -0.2) is 26.7 Å². The lowest BCUT2D eigenvalue weighted by Crippen LogP contribution is -2.09. The van der Waals surface area contributed by atoms with Crippen LogP contribution in [0.1, 0.15) is 22.5 Å². The van der Waals surface area contributed by atoms with Crippen LogP contribution in [0.3, 0.4) is 0 Å². The van der Waals surface area contributed by atoms with E-state index in [1.165, 1.54) is 0 Å². The first kappa shape index (κ1) is 18.0. The molecule has 3 heterocycles. The molecular formula is C22H23N5O. The molecule has 0 saturated heterocycles. The number of aryl methyl sites for hydroxylation is 2. The second kappa shape index (κ2) is 7.31. The summed E-state index contributed by atoms with van der Waals surface area (Å²) in [5.74, 6) is 1.79. The summed E-state index contributed by atoms with van der Waals surface area (Å²) in [6, 6.07) is 12.0. The van der Waals surface area contributed by atoms with Crippen molar-refractivity contribution in [2.75, 3.05) is 12.4 Å². The van der Waals surface area contributed by atoms with E-state index in [-0.39, 0.29) is 0 Å². The number of anilines is 1. The van der Waals surface area contributed by atoms with Gasteiger partial charge in [0.2, 0.25) is 0 Å². The zero-order chi connectivity index (χ0) is 19.7. The number of benzene rings is 1. The van der Waals surface area contributed by atoms with Gasteiger partial charge in [0.05, 0.1) is 12.8 Å². The van der Waals surface area contributed by atoms with Crippen molar-refractivity contribution in [1.29, 1.82) is 0 Å². The highest BCUT2D eigenvalue weighted by atomic mass is 16.5. The zero-order valence-electron chi connectivity index (χ0n) is 16.5. The van der Waals surface area contributed by atoms with Crippen molar-refractivity contribution in [2.45, 2.75) is 27.3 Å². The number of hydrogen-bond acceptors (Lipinski definition) is 5. The molecule has 0 spiro atoms. The van der Waals surface area contributed by atoms with Crippen LogP contribution in [-0.2, 0) is 6.54 Å². The molecule has 0 bridgehead atoms. The Labute approximate surface area is 164 Å². The van der Waals surface area contributed by atoms with E-state index in [0.717, 1.165) is 50.9 Å². The molecule has 1 aromatic carbocycles. The molecule has 0 atom stereocenters. The molecule has 6 heteroatoms. The molecule has 0 aliphatic carbocycles. The highest BCUT2D eigenvalue weighted by molar-refractivity contribution is 5.81. The van der Waals surface area contributed by atoms with Crippen molar-refractivity contribution >= 4 is 11.5 Å². The third kappa shape index (κ3) is 3.17. The molecule has 3 aromatic heterocycles. The van der Waals surface area contributed by atoms with Crippen LogP contribution in [0.5, 0.6) is 5.75 Å². The molecule has 1 N–H and O–H groups in total. The molecule has 4 aromatic rings. The summed E-state index contributed by atoms with van der Waals surface area (Å²) in [5, 5.41) is 8.33. The number of pyridine rings is 1. The minimum Gasteiger partial charge on any atom is -0.497 e. The monoisotopic (exact) mass is 373 g/mol. The first-order chi connectivity index (χ1) is 13.6. The molecule has 0 fully saturated rings. The molecule has 0 radical (unpaired) electrons. The number of hydrogen-bond donors (Lipinski definition) is 1. The van der Waals surface area contributed by atoms with Crippen LogP contribution in [0.4, 0.5) is 5.82 Å². The Morgan fingerprint density at radius 2 is 1.68 bits per heavy atom. The molecule has 0 saturated carbocycles. The second-order valence-electron chi connectivity index (χ2n) is 6.80. The van der Waals surface area contributed by atoms with Crippen molar-refractivity contribution in [3.63, 3.8) is 0 Å². The van der Waals surface area contributed by atoms with Crippen LogP contribution in [0.2, 0.25) is 0 Å². The fraction of sp³-hybridized carbons (Fsp3) is 0.227. The predicted octanol–water partition coefficient (Wildman–Crippen LogP) is 4.34. The summed E-state index contributed by atoms with van der Waals surface area (Å²) in [6.45, 7) is 6.82. The molecule has 142 valence electrons. The Bertz CT molecular complexity index is 1120. The smallest absolute Gasteiger partial charge is 0.165 e. The van der Waals surface area contributed by atoms with Crippen molar-refractivity contribution in [1.82, 2.24) is 19.6 Å². The maximum atomic E-state index is 5.28. The summed E-state index contributed by atoms with van der Waals surface area (Å²) in [4.78, 5) is 8.93. The number of ether oxygens (including phenoxy) is 1. The largest absolute Gasteiger partial charge is 0.497 e. The van der Waals surface area contributed by atoms with Gasteiger partial charge in [-0.15, -0.1) is 0 Å². The molecule has 0 aliphatic rings. The van der Waals surface area contributed by atoms with E-state index in [0.29, 0.717) is 6.54 Å². The summed E-state index contributed by atoms with van der Waals surface area (Å²) in [5.41, 5.74) is 7.14. The summed E-state index contributed by atoms with van der Waals surface area (Å²) >= 11 is 0. The number of aromatic nitrogens is 4. The highest BCUT2D eigenvalue weighted by Gasteiger charge is 2.18. The van der Waals surface area contributed by atoms with Crippen LogP contribution in [0.25, 0.3) is 16.8 Å². The van der Waals surface area contributed by atoms with Gasteiger partial charge in [-0.2, -0.15) is 9.61 Å². The molecule has 28 heavy (non-hydrogen) atoms. The van der Waals surface area contributed by atoms with Crippen LogP contribution >= 0.6 is 0 Å². The van der Waals surface area contributed by atoms with E-state index in [1.54, 1.807) is 19.5 Å². The lowest BCUT2D eigenvalue weighted by molar-refractivity contribution is 0.415. The van der Waals surface area contributed by atoms with Crippen molar-refractivity contribution in [3.05, 3.63) is 71.3 Å². The van der Waals surface area contributed by atoms with Gasteiger partial charge in [-0.1, -0.05) is 12.1 Å². The molecule has 6 nitrogen and oxygen atoms in total. The summed E-state index contributed by atoms with van der Waals surface area (Å²) < 4.78 is 7.20. The number of methoxy groups -OCH3 is 1. The first-order valence-electron chi connectivity index (χ1n) is 9.22. The standard InChI is InChI=1S/C22H23N5O/c1-14-15(2)25-22-20(18-5-7-19(28-4)8-6-18)16(3)26-27(22)21(14)24-13-17-9-11-23-12-10-17/h5-12,24H,13H2,1-4H3. The van der Waals surface area contributed by atoms with E-state index in [2.05, 4.69) is 17.2 Å². The average molecular weight is 373 g/mol. The van der Waals surface area contributed by atoms with Gasteiger partial charge in [-0.25, -0.2) is 4.98 Å². The highest BCUT2D eigenvalue weighted by Crippen LogP contribution is 2.31. The number of rotatable bonds is 5. The van der Waals surface area contributed by atoms with Gasteiger partial charge in [0.25, 0.3) is 0 Å². The van der Waals surface area contributed by atoms with E-state index < -0.39 is 0 Å². The molecule has 0 unspecified atom stereocenters. The van der Waals surface area contributed by atoms with Gasteiger partial charge >= 0.3 is 0 Å². The van der Waals surface area contributed by atoms with Crippen molar-refractivity contribution < 1.29 is 4.74 Å². The predicted molar refractivity (Wildman–Crippen MR) is 111 cm³/mol. The Hall–Kier alpha value is -3.41. The van der Waals surface area contributed by atoms with E-state index in [9.17, 15) is 0 Å². The fourth-order valence-electron chi connectivity index (χ4n) is 3.34. The third-order valence-corrected chi connectivity index (χ3v) is 5.01. The maximum absolute atomic E-state index is 5.28.